The van der Waals surface area contributed by atoms with Crippen molar-refractivity contribution in [1.29, 1.82) is 5.26 Å². The number of carbonyl (C=O) groups is 1. The van der Waals surface area contributed by atoms with Crippen LogP contribution in [-0.2, 0) is 21.2 Å². The quantitative estimate of drug-likeness (QED) is 0.597. The summed E-state index contributed by atoms with van der Waals surface area (Å²) in [5.41, 5.74) is 2.76. The predicted molar refractivity (Wildman–Crippen MR) is 115 cm³/mol. The molecule has 0 radical (unpaired) electrons. The molecule has 30 heavy (non-hydrogen) atoms. The van der Waals surface area contributed by atoms with E-state index in [0.717, 1.165) is 5.56 Å². The predicted octanol–water partition coefficient (Wildman–Crippen LogP) is 4.38. The molecular formula is C23H20N2O4S. The van der Waals surface area contributed by atoms with Crippen LogP contribution in [0, 0.1) is 11.3 Å². The van der Waals surface area contributed by atoms with Gasteiger partial charge >= 0.3 is 5.97 Å². The van der Waals surface area contributed by atoms with Crippen molar-refractivity contribution in [2.24, 2.45) is 0 Å². The number of nitrogens with zero attached hydrogens (tertiary/aromatic N) is 1. The van der Waals surface area contributed by atoms with Crippen LogP contribution < -0.4 is 4.72 Å². The third kappa shape index (κ3) is 4.34. The van der Waals surface area contributed by atoms with Crippen LogP contribution in [0.2, 0.25) is 0 Å². The summed E-state index contributed by atoms with van der Waals surface area (Å²) >= 11 is 0. The SMILES string of the molecule is CCc1ccc(C(=O)OC)cc1S(=O)(=O)Nc1cc(C#N)ccc1-c1ccccc1. The van der Waals surface area contributed by atoms with Gasteiger partial charge in [-0.3, -0.25) is 4.72 Å². The highest BCUT2D eigenvalue weighted by Crippen LogP contribution is 2.31. The van der Waals surface area contributed by atoms with E-state index >= 15 is 0 Å². The smallest absolute Gasteiger partial charge is 0.337 e. The molecule has 0 aliphatic carbocycles. The van der Waals surface area contributed by atoms with Crippen molar-refractivity contribution in [3.8, 4) is 17.2 Å². The van der Waals surface area contributed by atoms with Crippen LogP contribution in [0.5, 0.6) is 0 Å². The van der Waals surface area contributed by atoms with Crippen LogP contribution in [0.4, 0.5) is 5.69 Å². The molecule has 0 aliphatic rings. The average molecular weight is 420 g/mol. The molecule has 0 heterocycles. The number of aryl methyl sites for hydroxylation is 1. The lowest BCUT2D eigenvalue weighted by molar-refractivity contribution is 0.0600. The van der Waals surface area contributed by atoms with Gasteiger partial charge in [-0.25, -0.2) is 13.2 Å². The molecule has 0 atom stereocenters. The molecular weight excluding hydrogens is 400 g/mol. The van der Waals surface area contributed by atoms with Crippen LogP contribution in [0.15, 0.2) is 71.6 Å². The zero-order chi connectivity index (χ0) is 21.7. The van der Waals surface area contributed by atoms with Crippen LogP contribution >= 0.6 is 0 Å². The van der Waals surface area contributed by atoms with E-state index in [1.165, 1.54) is 25.3 Å². The number of benzene rings is 3. The Bertz CT molecular complexity index is 1230. The van der Waals surface area contributed by atoms with Crippen molar-refractivity contribution in [2.75, 3.05) is 11.8 Å². The van der Waals surface area contributed by atoms with Gasteiger partial charge in [0.25, 0.3) is 10.0 Å². The summed E-state index contributed by atoms with van der Waals surface area (Å²) in [4.78, 5) is 11.9. The molecule has 0 spiro atoms. The number of anilines is 1. The fraction of sp³-hybridized carbons (Fsp3) is 0.130. The minimum absolute atomic E-state index is 0.00530. The Morgan fingerprint density at radius 3 is 2.43 bits per heavy atom. The number of sulfonamides is 1. The van der Waals surface area contributed by atoms with Gasteiger partial charge in [0.2, 0.25) is 0 Å². The van der Waals surface area contributed by atoms with E-state index in [4.69, 9.17) is 4.74 Å². The van der Waals surface area contributed by atoms with E-state index in [-0.39, 0.29) is 16.1 Å². The first-order chi connectivity index (χ1) is 14.4. The third-order valence-corrected chi connectivity index (χ3v) is 6.08. The summed E-state index contributed by atoms with van der Waals surface area (Å²) in [5, 5.41) is 9.27. The number of nitrogens with one attached hydrogen (secondary N) is 1. The summed E-state index contributed by atoms with van der Waals surface area (Å²) in [5.74, 6) is -0.620. The number of esters is 1. The monoisotopic (exact) mass is 420 g/mol. The minimum Gasteiger partial charge on any atom is -0.465 e. The van der Waals surface area contributed by atoms with E-state index in [9.17, 15) is 18.5 Å². The molecule has 0 saturated carbocycles. The highest BCUT2D eigenvalue weighted by molar-refractivity contribution is 7.92. The van der Waals surface area contributed by atoms with Gasteiger partial charge in [-0.1, -0.05) is 49.4 Å². The van der Waals surface area contributed by atoms with Gasteiger partial charge in [-0.2, -0.15) is 5.26 Å². The molecule has 1 N–H and O–H groups in total. The molecule has 3 rings (SSSR count). The Morgan fingerprint density at radius 2 is 1.80 bits per heavy atom. The Labute approximate surface area is 175 Å². The average Bonchev–Trinajstić information content (AvgIpc) is 2.78. The van der Waals surface area contributed by atoms with Crippen molar-refractivity contribution in [3.05, 3.63) is 83.4 Å². The maximum absolute atomic E-state index is 13.3. The number of carbonyl (C=O) groups excluding carboxylic acids is 1. The van der Waals surface area contributed by atoms with Crippen molar-refractivity contribution in [1.82, 2.24) is 0 Å². The Balaban J connectivity index is 2.12. The number of nitriles is 1. The lowest BCUT2D eigenvalue weighted by atomic mass is 10.0. The molecule has 6 nitrogen and oxygen atoms in total. The fourth-order valence-electron chi connectivity index (χ4n) is 3.11. The molecule has 7 heteroatoms. The summed E-state index contributed by atoms with van der Waals surface area (Å²) in [7, 11) is -2.80. The van der Waals surface area contributed by atoms with Gasteiger partial charge in [0.05, 0.1) is 34.9 Å². The topological polar surface area (TPSA) is 96.3 Å². The van der Waals surface area contributed by atoms with Crippen LogP contribution in [0.1, 0.15) is 28.4 Å². The van der Waals surface area contributed by atoms with Gasteiger partial charge < -0.3 is 4.74 Å². The maximum Gasteiger partial charge on any atom is 0.337 e. The molecule has 3 aromatic carbocycles. The van der Waals surface area contributed by atoms with Crippen LogP contribution in [0.3, 0.4) is 0 Å². The lowest BCUT2D eigenvalue weighted by Crippen LogP contribution is -2.17. The van der Waals surface area contributed by atoms with Crippen molar-refractivity contribution >= 4 is 21.7 Å². The van der Waals surface area contributed by atoms with Crippen molar-refractivity contribution < 1.29 is 17.9 Å². The van der Waals surface area contributed by atoms with Gasteiger partial charge in [-0.15, -0.1) is 0 Å². The Morgan fingerprint density at radius 1 is 1.07 bits per heavy atom. The zero-order valence-corrected chi connectivity index (χ0v) is 17.4. The third-order valence-electron chi connectivity index (χ3n) is 4.64. The molecule has 0 unspecified atom stereocenters. The summed E-state index contributed by atoms with van der Waals surface area (Å²) in [6.45, 7) is 1.83. The molecule has 0 amide bonds. The van der Waals surface area contributed by atoms with Gasteiger partial charge in [0.15, 0.2) is 0 Å². The highest BCUT2D eigenvalue weighted by atomic mass is 32.2. The largest absolute Gasteiger partial charge is 0.465 e. The van der Waals surface area contributed by atoms with Crippen molar-refractivity contribution in [3.63, 3.8) is 0 Å². The molecule has 0 bridgehead atoms. The molecule has 0 aromatic heterocycles. The molecule has 0 aliphatic heterocycles. The van der Waals surface area contributed by atoms with E-state index in [1.54, 1.807) is 18.2 Å². The van der Waals surface area contributed by atoms with Crippen molar-refractivity contribution in [2.45, 2.75) is 18.2 Å². The second kappa shape index (κ2) is 8.80. The number of hydrogen-bond donors (Lipinski definition) is 1. The fourth-order valence-corrected chi connectivity index (χ4v) is 4.52. The number of rotatable bonds is 6. The molecule has 3 aromatic rings. The summed E-state index contributed by atoms with van der Waals surface area (Å²) in [6, 6.07) is 20.6. The second-order valence-corrected chi connectivity index (χ2v) is 8.16. The minimum atomic E-state index is -4.04. The first kappa shape index (κ1) is 21.1. The Hall–Kier alpha value is -3.63. The molecule has 152 valence electrons. The summed E-state index contributed by atoms with van der Waals surface area (Å²) in [6.07, 6.45) is 0.460. The van der Waals surface area contributed by atoms with E-state index in [0.29, 0.717) is 23.1 Å². The highest BCUT2D eigenvalue weighted by Gasteiger charge is 2.22. The van der Waals surface area contributed by atoms with Crippen LogP contribution in [0.25, 0.3) is 11.1 Å². The van der Waals surface area contributed by atoms with E-state index in [1.807, 2.05) is 43.3 Å². The Kier molecular flexibility index (Phi) is 6.19. The van der Waals surface area contributed by atoms with E-state index in [2.05, 4.69) is 4.72 Å². The molecule has 0 saturated heterocycles. The first-order valence-electron chi connectivity index (χ1n) is 9.23. The van der Waals surface area contributed by atoms with Gasteiger partial charge in [-0.05, 0) is 41.8 Å². The number of ether oxygens (including phenoxy) is 1. The second-order valence-electron chi connectivity index (χ2n) is 6.51. The maximum atomic E-state index is 13.3. The first-order valence-corrected chi connectivity index (χ1v) is 10.7. The number of hydrogen-bond acceptors (Lipinski definition) is 5. The van der Waals surface area contributed by atoms with Gasteiger partial charge in [0.1, 0.15) is 0 Å². The normalized spacial score (nSPS) is 10.8. The van der Waals surface area contributed by atoms with E-state index < -0.39 is 16.0 Å². The van der Waals surface area contributed by atoms with Crippen LogP contribution in [-0.4, -0.2) is 21.5 Å². The lowest BCUT2D eigenvalue weighted by Gasteiger charge is -2.16. The standard InChI is InChI=1S/C23H20N2O4S/c1-3-17-10-11-19(23(26)29-2)14-22(17)30(27,28)25-21-13-16(15-24)9-12-20(21)18-7-5-4-6-8-18/h4-14,25H,3H2,1-2H3. The zero-order valence-electron chi connectivity index (χ0n) is 16.5. The number of methoxy groups -OCH3 is 1. The van der Waals surface area contributed by atoms with Gasteiger partial charge in [0, 0.05) is 5.56 Å². The summed E-state index contributed by atoms with van der Waals surface area (Å²) < 4.78 is 33.9. The molecule has 0 fully saturated rings.